The highest BCUT2D eigenvalue weighted by Crippen LogP contribution is 2.34. The van der Waals surface area contributed by atoms with E-state index in [1.165, 1.54) is 0 Å². The van der Waals surface area contributed by atoms with Gasteiger partial charge in [0.05, 0.1) is 0 Å². The maximum Gasteiger partial charge on any atom is 0.387 e. The van der Waals surface area contributed by atoms with Crippen molar-refractivity contribution >= 4 is 23.3 Å². The second kappa shape index (κ2) is 5.38. The van der Waals surface area contributed by atoms with Crippen LogP contribution in [-0.2, 0) is 4.74 Å². The van der Waals surface area contributed by atoms with E-state index >= 15 is 0 Å². The molecule has 0 aromatic heterocycles. The van der Waals surface area contributed by atoms with Crippen LogP contribution in [0.15, 0.2) is 11.6 Å². The normalized spacial score (nSPS) is 25.8. The first kappa shape index (κ1) is 13.1. The van der Waals surface area contributed by atoms with Crippen LogP contribution in [0.3, 0.4) is 0 Å². The van der Waals surface area contributed by atoms with E-state index in [1.807, 2.05) is 0 Å². The lowest BCUT2D eigenvalue weighted by atomic mass is 9.88. The van der Waals surface area contributed by atoms with Crippen molar-refractivity contribution in [2.24, 2.45) is 5.92 Å². The Morgan fingerprint density at radius 1 is 1.56 bits per heavy atom. The Morgan fingerprint density at radius 3 is 2.62 bits per heavy atom. The highest BCUT2D eigenvalue weighted by molar-refractivity contribution is 7.80. The molecular weight excluding hydrogens is 246 g/mol. The van der Waals surface area contributed by atoms with Crippen LogP contribution in [0, 0.1) is 11.3 Å². The SMILES string of the molecule is N=C(C=S)C1CC(F)=C(OC(F)F)C(F)C1. The Labute approximate surface area is 94.8 Å². The minimum absolute atomic E-state index is 0.0797. The van der Waals surface area contributed by atoms with Crippen molar-refractivity contribution in [2.45, 2.75) is 25.6 Å². The average Bonchev–Trinajstić information content (AvgIpc) is 2.21. The van der Waals surface area contributed by atoms with Crippen molar-refractivity contribution in [1.82, 2.24) is 0 Å². The van der Waals surface area contributed by atoms with Crippen LogP contribution in [0.2, 0.25) is 0 Å². The molecule has 2 unspecified atom stereocenters. The van der Waals surface area contributed by atoms with Gasteiger partial charge in [-0.05, 0) is 6.42 Å². The molecular formula is C9H9F4NOS. The molecule has 0 aromatic carbocycles. The fraction of sp³-hybridized carbons (Fsp3) is 0.556. The van der Waals surface area contributed by atoms with E-state index in [2.05, 4.69) is 17.0 Å². The van der Waals surface area contributed by atoms with E-state index in [0.717, 1.165) is 5.37 Å². The Hall–Kier alpha value is -0.980. The van der Waals surface area contributed by atoms with Gasteiger partial charge in [0, 0.05) is 23.4 Å². The molecule has 0 heterocycles. The van der Waals surface area contributed by atoms with Gasteiger partial charge in [0.25, 0.3) is 0 Å². The standard InChI is InChI=1S/C9H9F4NOS/c10-5-1-4(7(14)3-16)2-6(11)8(5)15-9(12)13/h3-5,9,14H,1-2H2. The number of halogens is 4. The van der Waals surface area contributed by atoms with Gasteiger partial charge < -0.3 is 10.1 Å². The summed E-state index contributed by atoms with van der Waals surface area (Å²) in [6.07, 6.45) is -2.54. The van der Waals surface area contributed by atoms with Crippen molar-refractivity contribution in [3.63, 3.8) is 0 Å². The summed E-state index contributed by atoms with van der Waals surface area (Å²) in [6, 6.07) is 0. The van der Waals surface area contributed by atoms with Crippen LogP contribution >= 0.6 is 12.2 Å². The van der Waals surface area contributed by atoms with E-state index in [1.54, 1.807) is 0 Å². The van der Waals surface area contributed by atoms with Gasteiger partial charge in [0.1, 0.15) is 5.83 Å². The highest BCUT2D eigenvalue weighted by atomic mass is 32.1. The largest absolute Gasteiger partial charge is 0.433 e. The number of hydrogen-bond donors (Lipinski definition) is 1. The molecule has 1 rings (SSSR count). The Morgan fingerprint density at radius 2 is 2.19 bits per heavy atom. The molecule has 0 saturated heterocycles. The van der Waals surface area contributed by atoms with Gasteiger partial charge >= 0.3 is 6.61 Å². The quantitative estimate of drug-likeness (QED) is 0.475. The van der Waals surface area contributed by atoms with E-state index in [9.17, 15) is 17.6 Å². The summed E-state index contributed by atoms with van der Waals surface area (Å²) in [5.41, 5.74) is -0.0797. The molecule has 0 bridgehead atoms. The molecule has 0 radical (unpaired) electrons. The van der Waals surface area contributed by atoms with E-state index in [0.29, 0.717) is 0 Å². The Balaban J connectivity index is 2.81. The number of rotatable bonds is 4. The number of alkyl halides is 3. The lowest BCUT2D eigenvalue weighted by Gasteiger charge is -2.25. The van der Waals surface area contributed by atoms with Crippen LogP contribution in [0.4, 0.5) is 17.6 Å². The van der Waals surface area contributed by atoms with Crippen molar-refractivity contribution in [3.8, 4) is 0 Å². The molecule has 16 heavy (non-hydrogen) atoms. The smallest absolute Gasteiger partial charge is 0.387 e. The van der Waals surface area contributed by atoms with Gasteiger partial charge in [-0.3, -0.25) is 0 Å². The molecule has 7 heteroatoms. The number of allylic oxidation sites excluding steroid dienone is 2. The second-order valence-corrected chi connectivity index (χ2v) is 3.56. The summed E-state index contributed by atoms with van der Waals surface area (Å²) in [4.78, 5) is 0. The predicted octanol–water partition coefficient (Wildman–Crippen LogP) is 3.17. The third-order valence-electron chi connectivity index (χ3n) is 2.25. The first-order valence-corrected chi connectivity index (χ1v) is 4.93. The maximum absolute atomic E-state index is 13.3. The van der Waals surface area contributed by atoms with Crippen LogP contribution in [0.1, 0.15) is 12.8 Å². The molecule has 1 N–H and O–H groups in total. The molecule has 1 aliphatic carbocycles. The third-order valence-corrected chi connectivity index (χ3v) is 2.51. The van der Waals surface area contributed by atoms with Gasteiger partial charge in [0.2, 0.25) is 0 Å². The van der Waals surface area contributed by atoms with E-state index < -0.39 is 30.3 Å². The molecule has 1 aliphatic rings. The lowest BCUT2D eigenvalue weighted by molar-refractivity contribution is -0.111. The number of thiocarbonyl (C=S) groups is 1. The summed E-state index contributed by atoms with van der Waals surface area (Å²) < 4.78 is 54.0. The first-order chi connectivity index (χ1) is 7.45. The van der Waals surface area contributed by atoms with Crippen LogP contribution in [0.25, 0.3) is 0 Å². The predicted molar refractivity (Wildman–Crippen MR) is 54.2 cm³/mol. The third kappa shape index (κ3) is 3.01. The number of ether oxygens (including phenoxy) is 1. The van der Waals surface area contributed by atoms with Crippen LogP contribution < -0.4 is 0 Å². The zero-order valence-corrected chi connectivity index (χ0v) is 8.87. The summed E-state index contributed by atoms with van der Waals surface area (Å²) in [6.45, 7) is -3.25. The Kier molecular flexibility index (Phi) is 4.40. The Bertz CT molecular complexity index is 331. The van der Waals surface area contributed by atoms with Crippen LogP contribution in [0.5, 0.6) is 0 Å². The van der Waals surface area contributed by atoms with Crippen LogP contribution in [-0.4, -0.2) is 23.9 Å². The van der Waals surface area contributed by atoms with Crippen molar-refractivity contribution in [2.75, 3.05) is 0 Å². The van der Waals surface area contributed by atoms with E-state index in [4.69, 9.17) is 5.41 Å². The molecule has 0 aromatic rings. The summed E-state index contributed by atoms with van der Waals surface area (Å²) >= 11 is 4.47. The van der Waals surface area contributed by atoms with Gasteiger partial charge in [-0.25, -0.2) is 8.78 Å². The van der Waals surface area contributed by atoms with Gasteiger partial charge in [-0.15, -0.1) is 0 Å². The minimum Gasteiger partial charge on any atom is -0.433 e. The average molecular weight is 255 g/mol. The zero-order chi connectivity index (χ0) is 12.3. The lowest BCUT2D eigenvalue weighted by Crippen LogP contribution is -2.27. The molecule has 2 nitrogen and oxygen atoms in total. The van der Waals surface area contributed by atoms with Crippen molar-refractivity contribution < 1.29 is 22.3 Å². The van der Waals surface area contributed by atoms with Gasteiger partial charge in [-0.1, -0.05) is 12.2 Å². The molecule has 90 valence electrons. The van der Waals surface area contributed by atoms with E-state index in [-0.39, 0.29) is 18.6 Å². The van der Waals surface area contributed by atoms with Gasteiger partial charge in [0.15, 0.2) is 11.9 Å². The minimum atomic E-state index is -3.25. The monoisotopic (exact) mass is 255 g/mol. The molecule has 0 spiro atoms. The summed E-state index contributed by atoms with van der Waals surface area (Å²) in [5.74, 6) is -2.74. The maximum atomic E-state index is 13.3. The fourth-order valence-corrected chi connectivity index (χ4v) is 1.69. The van der Waals surface area contributed by atoms with Gasteiger partial charge in [-0.2, -0.15) is 8.78 Å². The van der Waals surface area contributed by atoms with Crippen molar-refractivity contribution in [3.05, 3.63) is 11.6 Å². The summed E-state index contributed by atoms with van der Waals surface area (Å²) in [7, 11) is 0. The number of hydrogen-bond acceptors (Lipinski definition) is 3. The second-order valence-electron chi connectivity index (χ2n) is 3.33. The molecule has 2 atom stereocenters. The number of nitrogens with one attached hydrogen (secondary N) is 1. The topological polar surface area (TPSA) is 33.1 Å². The fourth-order valence-electron chi connectivity index (χ4n) is 1.49. The molecule has 0 aliphatic heterocycles. The molecule has 0 fully saturated rings. The van der Waals surface area contributed by atoms with Crippen molar-refractivity contribution in [1.29, 1.82) is 5.41 Å². The highest BCUT2D eigenvalue weighted by Gasteiger charge is 2.34. The zero-order valence-electron chi connectivity index (χ0n) is 8.05. The molecule has 0 amide bonds. The molecule has 0 saturated carbocycles. The first-order valence-electron chi connectivity index (χ1n) is 4.46. The summed E-state index contributed by atoms with van der Waals surface area (Å²) in [5, 5.41) is 8.33.